The van der Waals surface area contributed by atoms with Crippen LogP contribution in [0.25, 0.3) is 0 Å². The summed E-state index contributed by atoms with van der Waals surface area (Å²) >= 11 is 0. The number of hydrogen-bond acceptors (Lipinski definition) is 4. The van der Waals surface area contributed by atoms with Gasteiger partial charge in [0.25, 0.3) is 0 Å². The standard InChI is InChI=1S/C29H40FN3O2/c1-22(34)31-29(23-10-4-3-5-11-23)25(24-12-6-7-13-26(24)30)16-17-32-18-20-33(21-19-32)27-14-8-9-15-28(27)35-2/h6-9,12-15,23,25,29H,3-5,10-11,16-21H2,1-2H3,(H,31,34)/t25-,29+/m1/s1. The van der Waals surface area contributed by atoms with Crippen LogP contribution in [-0.2, 0) is 4.79 Å². The molecule has 1 heterocycles. The van der Waals surface area contributed by atoms with E-state index in [-0.39, 0.29) is 23.7 Å². The smallest absolute Gasteiger partial charge is 0.217 e. The zero-order chi connectivity index (χ0) is 24.6. The molecular weight excluding hydrogens is 441 g/mol. The first-order valence-corrected chi connectivity index (χ1v) is 13.2. The fraction of sp³-hybridized carbons (Fsp3) is 0.552. The minimum atomic E-state index is -0.162. The number of para-hydroxylation sites is 2. The van der Waals surface area contributed by atoms with Crippen molar-refractivity contribution in [1.82, 2.24) is 10.2 Å². The lowest BCUT2D eigenvalue weighted by Gasteiger charge is -2.39. The summed E-state index contributed by atoms with van der Waals surface area (Å²) in [6.07, 6.45) is 6.67. The van der Waals surface area contributed by atoms with E-state index in [1.54, 1.807) is 26.2 Å². The predicted molar refractivity (Wildman–Crippen MR) is 140 cm³/mol. The van der Waals surface area contributed by atoms with Gasteiger partial charge in [-0.1, -0.05) is 49.6 Å². The van der Waals surface area contributed by atoms with E-state index in [4.69, 9.17) is 4.74 Å². The number of nitrogens with one attached hydrogen (secondary N) is 1. The van der Waals surface area contributed by atoms with Gasteiger partial charge in [-0.05, 0) is 55.5 Å². The first-order valence-electron chi connectivity index (χ1n) is 13.2. The topological polar surface area (TPSA) is 44.8 Å². The maximum Gasteiger partial charge on any atom is 0.217 e. The lowest BCUT2D eigenvalue weighted by Crippen LogP contribution is -2.48. The molecule has 1 amide bonds. The van der Waals surface area contributed by atoms with Crippen molar-refractivity contribution in [3.8, 4) is 5.75 Å². The fourth-order valence-corrected chi connectivity index (χ4v) is 6.00. The van der Waals surface area contributed by atoms with Crippen LogP contribution < -0.4 is 15.0 Å². The number of methoxy groups -OCH3 is 1. The summed E-state index contributed by atoms with van der Waals surface area (Å²) in [5.41, 5.74) is 1.88. The van der Waals surface area contributed by atoms with Gasteiger partial charge in [-0.25, -0.2) is 4.39 Å². The highest BCUT2D eigenvalue weighted by molar-refractivity contribution is 5.73. The van der Waals surface area contributed by atoms with Crippen LogP contribution in [0.5, 0.6) is 5.75 Å². The van der Waals surface area contributed by atoms with E-state index in [2.05, 4.69) is 27.2 Å². The molecule has 0 radical (unpaired) electrons. The number of halogens is 1. The molecule has 0 bridgehead atoms. The number of carbonyl (C=O) groups is 1. The second-order valence-electron chi connectivity index (χ2n) is 10.0. The number of hydrogen-bond donors (Lipinski definition) is 1. The van der Waals surface area contributed by atoms with Crippen LogP contribution in [-0.4, -0.2) is 56.7 Å². The summed E-state index contributed by atoms with van der Waals surface area (Å²) in [6.45, 7) is 6.25. The Morgan fingerprint density at radius 3 is 2.40 bits per heavy atom. The Hall–Kier alpha value is -2.60. The SMILES string of the molecule is COc1ccccc1N1CCN(CC[C@H](c2ccccc2F)[C@@H](NC(C)=O)C2CCCCC2)CC1. The first-order chi connectivity index (χ1) is 17.1. The third kappa shape index (κ3) is 6.54. The maximum absolute atomic E-state index is 15.0. The van der Waals surface area contributed by atoms with E-state index in [0.29, 0.717) is 5.92 Å². The van der Waals surface area contributed by atoms with Crippen molar-refractivity contribution in [2.45, 2.75) is 57.4 Å². The predicted octanol–water partition coefficient (Wildman–Crippen LogP) is 5.22. The molecule has 0 unspecified atom stereocenters. The van der Waals surface area contributed by atoms with Crippen LogP contribution in [0.4, 0.5) is 10.1 Å². The van der Waals surface area contributed by atoms with Gasteiger partial charge in [0.2, 0.25) is 5.91 Å². The van der Waals surface area contributed by atoms with E-state index in [1.165, 1.54) is 19.3 Å². The van der Waals surface area contributed by atoms with Crippen molar-refractivity contribution in [2.75, 3.05) is 44.7 Å². The maximum atomic E-state index is 15.0. The number of ether oxygens (including phenoxy) is 1. The number of amides is 1. The Morgan fingerprint density at radius 1 is 1.03 bits per heavy atom. The van der Waals surface area contributed by atoms with Crippen molar-refractivity contribution < 1.29 is 13.9 Å². The van der Waals surface area contributed by atoms with Gasteiger partial charge in [0.15, 0.2) is 0 Å². The van der Waals surface area contributed by atoms with Crippen LogP contribution in [0, 0.1) is 11.7 Å². The number of rotatable bonds is 9. The molecule has 1 aliphatic heterocycles. The van der Waals surface area contributed by atoms with Crippen LogP contribution in [0.2, 0.25) is 0 Å². The van der Waals surface area contributed by atoms with E-state index in [0.717, 1.165) is 69.0 Å². The zero-order valence-electron chi connectivity index (χ0n) is 21.2. The van der Waals surface area contributed by atoms with Crippen molar-refractivity contribution in [1.29, 1.82) is 0 Å². The Balaban J connectivity index is 1.46. The van der Waals surface area contributed by atoms with Gasteiger partial charge in [-0.2, -0.15) is 0 Å². The van der Waals surface area contributed by atoms with Crippen LogP contribution >= 0.6 is 0 Å². The van der Waals surface area contributed by atoms with Gasteiger partial charge < -0.3 is 15.0 Å². The van der Waals surface area contributed by atoms with Crippen molar-refractivity contribution in [2.24, 2.45) is 5.92 Å². The molecule has 4 rings (SSSR count). The Morgan fingerprint density at radius 2 is 1.71 bits per heavy atom. The number of piperazine rings is 1. The molecule has 1 saturated heterocycles. The van der Waals surface area contributed by atoms with Crippen molar-refractivity contribution in [3.63, 3.8) is 0 Å². The van der Waals surface area contributed by atoms with Gasteiger partial charge in [0.1, 0.15) is 11.6 Å². The van der Waals surface area contributed by atoms with E-state index in [9.17, 15) is 4.79 Å². The second kappa shape index (κ2) is 12.4. The van der Waals surface area contributed by atoms with Gasteiger partial charge in [-0.15, -0.1) is 0 Å². The van der Waals surface area contributed by atoms with Gasteiger partial charge in [0, 0.05) is 45.1 Å². The largest absolute Gasteiger partial charge is 0.495 e. The molecule has 2 aromatic rings. The third-order valence-electron chi connectivity index (χ3n) is 7.82. The molecule has 1 saturated carbocycles. The molecule has 1 aliphatic carbocycles. The second-order valence-corrected chi connectivity index (χ2v) is 10.0. The highest BCUT2D eigenvalue weighted by Gasteiger charge is 2.34. The van der Waals surface area contributed by atoms with Gasteiger partial charge in [0.05, 0.1) is 12.8 Å². The molecule has 35 heavy (non-hydrogen) atoms. The number of carbonyl (C=O) groups excluding carboxylic acids is 1. The molecule has 0 aromatic heterocycles. The monoisotopic (exact) mass is 481 g/mol. The Bertz CT molecular complexity index is 954. The Labute approximate surface area is 209 Å². The van der Waals surface area contributed by atoms with E-state index >= 15 is 4.39 Å². The number of benzene rings is 2. The third-order valence-corrected chi connectivity index (χ3v) is 7.82. The molecule has 2 fully saturated rings. The zero-order valence-corrected chi connectivity index (χ0v) is 21.2. The number of anilines is 1. The lowest BCUT2D eigenvalue weighted by molar-refractivity contribution is -0.120. The first kappa shape index (κ1) is 25.5. The summed E-state index contributed by atoms with van der Waals surface area (Å²) in [7, 11) is 1.72. The summed E-state index contributed by atoms with van der Waals surface area (Å²) in [5, 5.41) is 3.26. The van der Waals surface area contributed by atoms with Crippen LogP contribution in [0.15, 0.2) is 48.5 Å². The molecule has 1 N–H and O–H groups in total. The highest BCUT2D eigenvalue weighted by Crippen LogP contribution is 2.37. The average molecular weight is 482 g/mol. The molecule has 190 valence electrons. The summed E-state index contributed by atoms with van der Waals surface area (Å²) < 4.78 is 20.6. The minimum absolute atomic E-state index is 0.0210. The van der Waals surface area contributed by atoms with Crippen LogP contribution in [0.1, 0.15) is 56.9 Å². The molecule has 2 aliphatic rings. The van der Waals surface area contributed by atoms with Gasteiger partial charge in [-0.3, -0.25) is 9.69 Å². The number of nitrogens with zero attached hydrogens (tertiary/aromatic N) is 2. The summed E-state index contributed by atoms with van der Waals surface area (Å²) in [5.74, 6) is 1.10. The molecular formula is C29H40FN3O2. The average Bonchev–Trinajstić information content (AvgIpc) is 2.89. The normalized spacial score (nSPS) is 19.2. The Kier molecular flexibility index (Phi) is 9.02. The molecule has 2 aromatic carbocycles. The van der Waals surface area contributed by atoms with E-state index in [1.807, 2.05) is 24.3 Å². The van der Waals surface area contributed by atoms with E-state index < -0.39 is 0 Å². The van der Waals surface area contributed by atoms with Crippen molar-refractivity contribution in [3.05, 3.63) is 59.9 Å². The molecule has 6 heteroatoms. The molecule has 2 atom stereocenters. The highest BCUT2D eigenvalue weighted by atomic mass is 19.1. The van der Waals surface area contributed by atoms with Gasteiger partial charge >= 0.3 is 0 Å². The molecule has 0 spiro atoms. The minimum Gasteiger partial charge on any atom is -0.495 e. The quantitative estimate of drug-likeness (QED) is 0.534. The van der Waals surface area contributed by atoms with Crippen molar-refractivity contribution >= 4 is 11.6 Å². The summed E-state index contributed by atoms with van der Waals surface area (Å²) in [6, 6.07) is 15.3. The lowest BCUT2D eigenvalue weighted by atomic mass is 9.75. The fourth-order valence-electron chi connectivity index (χ4n) is 6.00. The van der Waals surface area contributed by atoms with Crippen LogP contribution in [0.3, 0.4) is 0 Å². The summed E-state index contributed by atoms with van der Waals surface area (Å²) in [4.78, 5) is 17.1. The molecule has 5 nitrogen and oxygen atoms in total.